The molecule has 0 spiro atoms. The van der Waals surface area contributed by atoms with Crippen molar-refractivity contribution in [3.05, 3.63) is 64.2 Å². The molecule has 0 atom stereocenters. The fourth-order valence-corrected chi connectivity index (χ4v) is 4.47. The van der Waals surface area contributed by atoms with Crippen LogP contribution in [0.5, 0.6) is 0 Å². The van der Waals surface area contributed by atoms with Crippen molar-refractivity contribution in [1.82, 2.24) is 10.0 Å². The summed E-state index contributed by atoms with van der Waals surface area (Å²) in [5.41, 5.74) is 3.17. The predicted octanol–water partition coefficient (Wildman–Crippen LogP) is 3.20. The summed E-state index contributed by atoms with van der Waals surface area (Å²) < 4.78 is 27.4. The van der Waals surface area contributed by atoms with Gasteiger partial charge in [0.05, 0.1) is 4.90 Å². The first-order chi connectivity index (χ1) is 13.0. The summed E-state index contributed by atoms with van der Waals surface area (Å²) in [5.74, 6) is -0.233. The number of benzene rings is 2. The monoisotopic (exact) mass is 406 g/mol. The first-order valence-corrected chi connectivity index (χ1v) is 10.9. The molecule has 0 aliphatic heterocycles. The van der Waals surface area contributed by atoms with Gasteiger partial charge in [-0.05, 0) is 60.6 Å². The van der Waals surface area contributed by atoms with Crippen LogP contribution in [-0.4, -0.2) is 20.9 Å². The number of sulfonamides is 1. The van der Waals surface area contributed by atoms with Gasteiger partial charge in [-0.15, -0.1) is 0 Å². The Labute approximate surface area is 165 Å². The molecule has 27 heavy (non-hydrogen) atoms. The number of carbonyl (C=O) groups excluding carboxylic acids is 1. The molecule has 1 aliphatic rings. The van der Waals surface area contributed by atoms with Gasteiger partial charge >= 0.3 is 0 Å². The van der Waals surface area contributed by atoms with Gasteiger partial charge in [-0.3, -0.25) is 4.79 Å². The minimum Gasteiger partial charge on any atom is -0.352 e. The zero-order chi connectivity index (χ0) is 19.3. The Morgan fingerprint density at radius 2 is 1.78 bits per heavy atom. The normalized spacial score (nSPS) is 13.8. The van der Waals surface area contributed by atoms with Crippen LogP contribution in [0.4, 0.5) is 0 Å². The van der Waals surface area contributed by atoms with Crippen molar-refractivity contribution < 1.29 is 13.2 Å². The molecule has 144 valence electrons. The smallest absolute Gasteiger partial charge is 0.240 e. The van der Waals surface area contributed by atoms with Gasteiger partial charge in [0.15, 0.2) is 0 Å². The van der Waals surface area contributed by atoms with Crippen molar-refractivity contribution in [1.29, 1.82) is 0 Å². The van der Waals surface area contributed by atoms with E-state index in [1.807, 2.05) is 24.3 Å². The minimum absolute atomic E-state index is 0.0494. The highest BCUT2D eigenvalue weighted by atomic mass is 35.5. The van der Waals surface area contributed by atoms with Gasteiger partial charge in [0.2, 0.25) is 15.9 Å². The van der Waals surface area contributed by atoms with Crippen molar-refractivity contribution in [3.63, 3.8) is 0 Å². The molecule has 0 unspecified atom stereocenters. The van der Waals surface area contributed by atoms with E-state index in [0.29, 0.717) is 11.6 Å². The lowest BCUT2D eigenvalue weighted by Crippen LogP contribution is -2.30. The molecule has 1 amide bonds. The quantitative estimate of drug-likeness (QED) is 0.741. The van der Waals surface area contributed by atoms with Gasteiger partial charge in [0.25, 0.3) is 0 Å². The average molecular weight is 407 g/mol. The second kappa shape index (κ2) is 8.87. The van der Waals surface area contributed by atoms with Crippen molar-refractivity contribution in [2.24, 2.45) is 0 Å². The summed E-state index contributed by atoms with van der Waals surface area (Å²) in [6.07, 6.45) is 4.24. The van der Waals surface area contributed by atoms with Crippen molar-refractivity contribution in [3.8, 4) is 0 Å². The Morgan fingerprint density at radius 3 is 2.56 bits per heavy atom. The molecule has 2 N–H and O–H groups in total. The Balaban J connectivity index is 1.50. The van der Waals surface area contributed by atoms with Crippen LogP contribution in [0.2, 0.25) is 5.02 Å². The summed E-state index contributed by atoms with van der Waals surface area (Å²) in [6, 6.07) is 12.6. The Bertz CT molecular complexity index is 929. The molecule has 0 bridgehead atoms. The van der Waals surface area contributed by atoms with Gasteiger partial charge < -0.3 is 5.32 Å². The standard InChI is InChI=1S/C20H23ClN2O3S/c21-19-8-4-3-7-17(19)14-22-20(24)11-12-23-27(25,26)18-10-9-15-5-1-2-6-16(15)13-18/h3-4,7-10,13,23H,1-2,5-6,11-12,14H2,(H,22,24). The number of hydrogen-bond acceptors (Lipinski definition) is 3. The Hall–Kier alpha value is -1.89. The second-order valence-corrected chi connectivity index (χ2v) is 8.83. The highest BCUT2D eigenvalue weighted by molar-refractivity contribution is 7.89. The average Bonchev–Trinajstić information content (AvgIpc) is 2.67. The molecule has 3 rings (SSSR count). The first-order valence-electron chi connectivity index (χ1n) is 9.07. The molecule has 7 heteroatoms. The second-order valence-electron chi connectivity index (χ2n) is 6.65. The van der Waals surface area contributed by atoms with Gasteiger partial charge in [0.1, 0.15) is 0 Å². The molecule has 0 saturated carbocycles. The summed E-state index contributed by atoms with van der Waals surface area (Å²) in [7, 11) is -3.61. The minimum atomic E-state index is -3.61. The van der Waals surface area contributed by atoms with E-state index in [0.717, 1.165) is 36.8 Å². The third kappa shape index (κ3) is 5.31. The van der Waals surface area contributed by atoms with Crippen LogP contribution < -0.4 is 10.0 Å². The van der Waals surface area contributed by atoms with E-state index in [4.69, 9.17) is 11.6 Å². The van der Waals surface area contributed by atoms with E-state index in [2.05, 4.69) is 10.0 Å². The molecule has 0 saturated heterocycles. The van der Waals surface area contributed by atoms with Crippen molar-refractivity contribution in [2.75, 3.05) is 6.54 Å². The highest BCUT2D eigenvalue weighted by Crippen LogP contribution is 2.24. The lowest BCUT2D eigenvalue weighted by molar-refractivity contribution is -0.121. The number of rotatable bonds is 7. The van der Waals surface area contributed by atoms with Crippen LogP contribution in [0.25, 0.3) is 0 Å². The molecular formula is C20H23ClN2O3S. The van der Waals surface area contributed by atoms with E-state index in [-0.39, 0.29) is 23.8 Å². The number of nitrogens with one attached hydrogen (secondary N) is 2. The van der Waals surface area contributed by atoms with Crippen LogP contribution in [0.1, 0.15) is 36.0 Å². The zero-order valence-electron chi connectivity index (χ0n) is 15.0. The van der Waals surface area contributed by atoms with E-state index in [1.165, 1.54) is 5.56 Å². The molecule has 1 aliphatic carbocycles. The Kier molecular flexibility index (Phi) is 6.52. The number of fused-ring (bicyclic) bond motifs is 1. The predicted molar refractivity (Wildman–Crippen MR) is 106 cm³/mol. The molecular weight excluding hydrogens is 384 g/mol. The maximum absolute atomic E-state index is 12.5. The van der Waals surface area contributed by atoms with Gasteiger partial charge in [-0.2, -0.15) is 0 Å². The van der Waals surface area contributed by atoms with Gasteiger partial charge in [-0.1, -0.05) is 35.9 Å². The number of hydrogen-bond donors (Lipinski definition) is 2. The van der Waals surface area contributed by atoms with Crippen molar-refractivity contribution in [2.45, 2.75) is 43.5 Å². The summed E-state index contributed by atoms with van der Waals surface area (Å²) in [4.78, 5) is 12.2. The molecule has 0 heterocycles. The Morgan fingerprint density at radius 1 is 1.04 bits per heavy atom. The van der Waals surface area contributed by atoms with Crippen LogP contribution >= 0.6 is 11.6 Å². The molecule has 0 aromatic heterocycles. The fourth-order valence-electron chi connectivity index (χ4n) is 3.18. The number of halogens is 1. The summed E-state index contributed by atoms with van der Waals surface area (Å²) in [5, 5.41) is 3.34. The summed E-state index contributed by atoms with van der Waals surface area (Å²) in [6.45, 7) is 0.365. The highest BCUT2D eigenvalue weighted by Gasteiger charge is 2.17. The van der Waals surface area contributed by atoms with E-state index in [1.54, 1.807) is 18.2 Å². The number of carbonyl (C=O) groups is 1. The van der Waals surface area contributed by atoms with Crippen LogP contribution in [0, 0.1) is 0 Å². The molecule has 0 fully saturated rings. The van der Waals surface area contributed by atoms with Crippen LogP contribution in [0.3, 0.4) is 0 Å². The lowest BCUT2D eigenvalue weighted by Gasteiger charge is -2.16. The van der Waals surface area contributed by atoms with Crippen LogP contribution in [-0.2, 0) is 34.2 Å². The molecule has 2 aromatic rings. The topological polar surface area (TPSA) is 75.3 Å². The fraction of sp³-hybridized carbons (Fsp3) is 0.350. The first kappa shape index (κ1) is 19.9. The van der Waals surface area contributed by atoms with E-state index >= 15 is 0 Å². The zero-order valence-corrected chi connectivity index (χ0v) is 16.6. The molecule has 5 nitrogen and oxygen atoms in total. The third-order valence-electron chi connectivity index (χ3n) is 4.71. The van der Waals surface area contributed by atoms with Crippen LogP contribution in [0.15, 0.2) is 47.4 Å². The van der Waals surface area contributed by atoms with Crippen molar-refractivity contribution >= 4 is 27.5 Å². The largest absolute Gasteiger partial charge is 0.352 e. The number of aryl methyl sites for hydroxylation is 2. The van der Waals surface area contributed by atoms with E-state index < -0.39 is 10.0 Å². The van der Waals surface area contributed by atoms with Gasteiger partial charge in [0, 0.05) is 24.5 Å². The SMILES string of the molecule is O=C(CCNS(=O)(=O)c1ccc2c(c1)CCCC2)NCc1ccccc1Cl. The summed E-state index contributed by atoms with van der Waals surface area (Å²) >= 11 is 6.05. The lowest BCUT2D eigenvalue weighted by atomic mass is 9.92. The van der Waals surface area contributed by atoms with Gasteiger partial charge in [-0.25, -0.2) is 13.1 Å². The molecule has 2 aromatic carbocycles. The van der Waals surface area contributed by atoms with E-state index in [9.17, 15) is 13.2 Å². The number of amides is 1. The maximum Gasteiger partial charge on any atom is 0.240 e. The maximum atomic E-state index is 12.5. The third-order valence-corrected chi connectivity index (χ3v) is 6.54. The molecule has 0 radical (unpaired) electrons.